The molecule has 0 radical (unpaired) electrons. The number of methoxy groups -OCH3 is 1. The highest BCUT2D eigenvalue weighted by molar-refractivity contribution is 6.30. The second-order valence-electron chi connectivity index (χ2n) is 6.78. The van der Waals surface area contributed by atoms with Crippen molar-refractivity contribution in [2.24, 2.45) is 5.92 Å². The van der Waals surface area contributed by atoms with Gasteiger partial charge in [0.25, 0.3) is 0 Å². The molecule has 2 atom stereocenters. The molecule has 1 fully saturated rings. The topological polar surface area (TPSA) is 142 Å². The lowest BCUT2D eigenvalue weighted by Gasteiger charge is -2.24. The fourth-order valence-corrected chi connectivity index (χ4v) is 3.43. The normalized spacial score (nSPS) is 17.8. The first-order valence-electron chi connectivity index (χ1n) is 9.37. The number of aromatic amines is 1. The largest absolute Gasteiger partial charge is 0.496 e. The van der Waals surface area contributed by atoms with Gasteiger partial charge in [-0.15, -0.1) is 5.10 Å². The molecule has 0 bridgehead atoms. The Hall–Kier alpha value is -3.21. The molecule has 1 aliphatic heterocycles. The van der Waals surface area contributed by atoms with Crippen LogP contribution in [0.5, 0.6) is 5.75 Å². The maximum atomic E-state index is 13.1. The van der Waals surface area contributed by atoms with Gasteiger partial charge in [0, 0.05) is 11.6 Å². The van der Waals surface area contributed by atoms with Crippen LogP contribution in [0.1, 0.15) is 30.8 Å². The molecule has 4 amide bonds. The predicted octanol–water partition coefficient (Wildman–Crippen LogP) is 0.840. The minimum absolute atomic E-state index is 0.0976. The number of ether oxygens (including phenoxy) is 1. The maximum Gasteiger partial charge on any atom is 0.325 e. The van der Waals surface area contributed by atoms with Crippen LogP contribution in [-0.4, -0.2) is 63.6 Å². The number of H-pyrrole nitrogens is 1. The molecule has 1 aromatic heterocycles. The highest BCUT2D eigenvalue weighted by Gasteiger charge is 2.35. The minimum atomic E-state index is -0.691. The number of nitrogens with one attached hydrogen (secondary N) is 3. The quantitative estimate of drug-likeness (QED) is 0.610. The minimum Gasteiger partial charge on any atom is -0.496 e. The fraction of sp³-hybridized carbons (Fsp3) is 0.444. The average Bonchev–Trinajstić information content (AvgIpc) is 3.22. The Bertz CT molecular complexity index is 921. The van der Waals surface area contributed by atoms with Gasteiger partial charge in [-0.3, -0.25) is 14.5 Å². The lowest BCUT2D eigenvalue weighted by molar-refractivity contribution is -0.133. The number of hydrogen-bond donors (Lipinski definition) is 3. The van der Waals surface area contributed by atoms with Crippen LogP contribution in [0.4, 0.5) is 4.79 Å². The number of imide groups is 1. The zero-order chi connectivity index (χ0) is 21.7. The maximum absolute atomic E-state index is 13.1. The number of tetrazole rings is 1. The third kappa shape index (κ3) is 4.85. The van der Waals surface area contributed by atoms with Crippen molar-refractivity contribution in [3.63, 3.8) is 0 Å². The van der Waals surface area contributed by atoms with Gasteiger partial charge in [-0.05, 0) is 47.0 Å². The van der Waals surface area contributed by atoms with Crippen LogP contribution in [-0.2, 0) is 16.0 Å². The van der Waals surface area contributed by atoms with E-state index in [0.29, 0.717) is 28.6 Å². The van der Waals surface area contributed by atoms with Crippen LogP contribution in [0.25, 0.3) is 0 Å². The Morgan fingerprint density at radius 1 is 1.43 bits per heavy atom. The zero-order valence-corrected chi connectivity index (χ0v) is 17.3. The molecule has 1 unspecified atom stereocenters. The number of benzene rings is 1. The average molecular weight is 436 g/mol. The van der Waals surface area contributed by atoms with E-state index in [1.807, 2.05) is 6.92 Å². The van der Waals surface area contributed by atoms with Gasteiger partial charge in [0.1, 0.15) is 12.3 Å². The second-order valence-corrected chi connectivity index (χ2v) is 7.22. The molecule has 0 aliphatic carbocycles. The third-order valence-corrected chi connectivity index (χ3v) is 5.05. The van der Waals surface area contributed by atoms with Gasteiger partial charge in [-0.25, -0.2) is 9.89 Å². The number of halogens is 1. The van der Waals surface area contributed by atoms with Crippen molar-refractivity contribution in [3.05, 3.63) is 34.6 Å². The molecule has 1 aromatic carbocycles. The van der Waals surface area contributed by atoms with E-state index in [2.05, 4.69) is 31.3 Å². The summed E-state index contributed by atoms with van der Waals surface area (Å²) in [5, 5.41) is 19.3. The van der Waals surface area contributed by atoms with Crippen molar-refractivity contribution in [2.45, 2.75) is 25.8 Å². The van der Waals surface area contributed by atoms with Crippen molar-refractivity contribution in [3.8, 4) is 5.75 Å². The monoisotopic (exact) mass is 435 g/mol. The molecule has 3 N–H and O–H groups in total. The number of carbonyl (C=O) groups excluding carboxylic acids is 3. The Balaban J connectivity index is 1.79. The van der Waals surface area contributed by atoms with E-state index in [4.69, 9.17) is 16.3 Å². The molecule has 3 rings (SSSR count). The van der Waals surface area contributed by atoms with Crippen molar-refractivity contribution < 1.29 is 19.1 Å². The van der Waals surface area contributed by atoms with Gasteiger partial charge >= 0.3 is 6.03 Å². The number of rotatable bonds is 6. The molecule has 2 aromatic rings. The molecule has 2 heterocycles. The Kier molecular flexibility index (Phi) is 6.83. The van der Waals surface area contributed by atoms with Crippen molar-refractivity contribution in [2.75, 3.05) is 20.2 Å². The molecule has 0 spiro atoms. The molecule has 11 nitrogen and oxygen atoms in total. The standard InChI is InChI=1S/C18H22ClN7O4/c1-3-13(16-22-24-25-23-16)21-18(29)26-9-15(27)20-8-11(17(26)28)6-10-7-12(19)4-5-14(10)30-2/h4-5,7,11,13H,3,6,8-9H2,1-2H3,(H,20,27)(H,21,29)(H,22,23,24,25)/t11?,13-/m1/s1. The van der Waals surface area contributed by atoms with E-state index in [-0.39, 0.29) is 19.5 Å². The first-order valence-corrected chi connectivity index (χ1v) is 9.75. The summed E-state index contributed by atoms with van der Waals surface area (Å²) in [5.74, 6) is -0.631. The van der Waals surface area contributed by atoms with Gasteiger partial charge in [-0.1, -0.05) is 18.5 Å². The van der Waals surface area contributed by atoms with Crippen LogP contribution in [0, 0.1) is 5.92 Å². The second kappa shape index (κ2) is 9.53. The number of hydrogen-bond acceptors (Lipinski definition) is 7. The summed E-state index contributed by atoms with van der Waals surface area (Å²) in [6.07, 6.45) is 0.732. The van der Waals surface area contributed by atoms with Gasteiger partial charge in [0.2, 0.25) is 11.8 Å². The molecular weight excluding hydrogens is 414 g/mol. The number of urea groups is 1. The first-order chi connectivity index (χ1) is 14.4. The summed E-state index contributed by atoms with van der Waals surface area (Å²) < 4.78 is 5.34. The SMILES string of the molecule is CC[C@@H](NC(=O)N1CC(=O)NCC(Cc2cc(Cl)ccc2OC)C1=O)c1nnn[nH]1. The lowest BCUT2D eigenvalue weighted by Crippen LogP contribution is -2.48. The van der Waals surface area contributed by atoms with E-state index in [9.17, 15) is 14.4 Å². The van der Waals surface area contributed by atoms with E-state index in [1.165, 1.54) is 7.11 Å². The fourth-order valence-electron chi connectivity index (χ4n) is 3.23. The number of nitrogens with zero attached hydrogens (tertiary/aromatic N) is 4. The van der Waals surface area contributed by atoms with E-state index >= 15 is 0 Å². The summed E-state index contributed by atoms with van der Waals surface area (Å²) >= 11 is 6.08. The first kappa shape index (κ1) is 21.5. The van der Waals surface area contributed by atoms with E-state index in [0.717, 1.165) is 4.90 Å². The van der Waals surface area contributed by atoms with E-state index < -0.39 is 29.8 Å². The van der Waals surface area contributed by atoms with Gasteiger partial charge in [0.15, 0.2) is 5.82 Å². The van der Waals surface area contributed by atoms with Crippen LogP contribution < -0.4 is 15.4 Å². The highest BCUT2D eigenvalue weighted by Crippen LogP contribution is 2.26. The van der Waals surface area contributed by atoms with Crippen molar-refractivity contribution in [1.29, 1.82) is 0 Å². The van der Waals surface area contributed by atoms with Crippen LogP contribution in [0.3, 0.4) is 0 Å². The number of carbonyl (C=O) groups is 3. The van der Waals surface area contributed by atoms with E-state index in [1.54, 1.807) is 18.2 Å². The van der Waals surface area contributed by atoms with Crippen molar-refractivity contribution in [1.82, 2.24) is 36.2 Å². The molecule has 1 saturated heterocycles. The van der Waals surface area contributed by atoms with Crippen LogP contribution in [0.15, 0.2) is 18.2 Å². The van der Waals surface area contributed by atoms with Gasteiger partial charge in [-0.2, -0.15) is 0 Å². The highest BCUT2D eigenvalue weighted by atomic mass is 35.5. The molecular formula is C18H22ClN7O4. The summed E-state index contributed by atoms with van der Waals surface area (Å²) in [6.45, 7) is 1.55. The molecule has 30 heavy (non-hydrogen) atoms. The molecule has 0 saturated carbocycles. The molecule has 1 aliphatic rings. The number of aromatic nitrogens is 4. The third-order valence-electron chi connectivity index (χ3n) is 4.81. The summed E-state index contributed by atoms with van der Waals surface area (Å²) in [4.78, 5) is 39.0. The smallest absolute Gasteiger partial charge is 0.325 e. The predicted molar refractivity (Wildman–Crippen MR) is 106 cm³/mol. The summed E-state index contributed by atoms with van der Waals surface area (Å²) in [5.41, 5.74) is 0.707. The van der Waals surface area contributed by atoms with Gasteiger partial charge < -0.3 is 15.4 Å². The number of amides is 4. The Morgan fingerprint density at radius 3 is 2.90 bits per heavy atom. The lowest BCUT2D eigenvalue weighted by atomic mass is 9.97. The Morgan fingerprint density at radius 2 is 2.23 bits per heavy atom. The van der Waals surface area contributed by atoms with Crippen molar-refractivity contribution >= 4 is 29.4 Å². The van der Waals surface area contributed by atoms with Gasteiger partial charge in [0.05, 0.1) is 19.1 Å². The van der Waals surface area contributed by atoms with Crippen LogP contribution >= 0.6 is 11.6 Å². The summed E-state index contributed by atoms with van der Waals surface area (Å²) in [7, 11) is 1.52. The summed E-state index contributed by atoms with van der Waals surface area (Å²) in [6, 6.07) is 3.87. The Labute approximate surface area is 177 Å². The molecule has 160 valence electrons. The zero-order valence-electron chi connectivity index (χ0n) is 16.5. The van der Waals surface area contributed by atoms with Crippen LogP contribution in [0.2, 0.25) is 5.02 Å². The molecule has 12 heteroatoms.